The maximum absolute atomic E-state index is 13.1. The molecule has 3 aromatic rings. The molecule has 3 rings (SSSR count). The smallest absolute Gasteiger partial charge is 0.175 e. The number of thiocarbonyl (C=S) groups is 1. The molecule has 2 aromatic carbocycles. The third kappa shape index (κ3) is 4.39. The lowest BCUT2D eigenvalue weighted by atomic mass is 10.1. The molecule has 1 aromatic heterocycles. The molecule has 1 heterocycles. The minimum Gasteiger partial charge on any atom is -0.332 e. The average molecular weight is 389 g/mol. The van der Waals surface area contributed by atoms with E-state index in [1.54, 1.807) is 16.9 Å². The highest BCUT2D eigenvalue weighted by atomic mass is 35.5. The van der Waals surface area contributed by atoms with Gasteiger partial charge in [-0.25, -0.2) is 4.39 Å². The SMILES string of the molecule is Cc1cccc(NC(=S)Nc2cnn(Cc3ccc(F)cc3Cl)c2)c1C. The second-order valence-corrected chi connectivity index (χ2v) is 6.80. The van der Waals surface area contributed by atoms with Gasteiger partial charge < -0.3 is 10.6 Å². The summed E-state index contributed by atoms with van der Waals surface area (Å²) in [4.78, 5) is 0. The number of halogens is 2. The van der Waals surface area contributed by atoms with Crippen LogP contribution < -0.4 is 10.6 Å². The number of aromatic nitrogens is 2. The Kier molecular flexibility index (Phi) is 5.54. The number of hydrogen-bond donors (Lipinski definition) is 2. The van der Waals surface area contributed by atoms with Crippen LogP contribution in [0, 0.1) is 19.7 Å². The van der Waals surface area contributed by atoms with E-state index < -0.39 is 0 Å². The van der Waals surface area contributed by atoms with Gasteiger partial charge in [-0.3, -0.25) is 4.68 Å². The molecule has 4 nitrogen and oxygen atoms in total. The molecule has 0 saturated heterocycles. The number of nitrogens with one attached hydrogen (secondary N) is 2. The molecule has 0 fully saturated rings. The fourth-order valence-corrected chi connectivity index (χ4v) is 2.96. The van der Waals surface area contributed by atoms with Crippen LogP contribution in [0.15, 0.2) is 48.8 Å². The summed E-state index contributed by atoms with van der Waals surface area (Å²) in [6.07, 6.45) is 3.49. The number of aryl methyl sites for hydroxylation is 1. The Hall–Kier alpha value is -2.44. The first kappa shape index (κ1) is 18.4. The molecule has 0 aliphatic heterocycles. The lowest BCUT2D eigenvalue weighted by Crippen LogP contribution is -2.19. The molecule has 0 unspecified atom stereocenters. The lowest BCUT2D eigenvalue weighted by Gasteiger charge is -2.12. The van der Waals surface area contributed by atoms with Crippen molar-refractivity contribution in [3.8, 4) is 0 Å². The molecule has 0 aliphatic rings. The average Bonchev–Trinajstić information content (AvgIpc) is 3.01. The summed E-state index contributed by atoms with van der Waals surface area (Å²) in [5.41, 5.74) is 4.86. The van der Waals surface area contributed by atoms with Gasteiger partial charge in [-0.15, -0.1) is 0 Å². The summed E-state index contributed by atoms with van der Waals surface area (Å²) >= 11 is 11.4. The Labute approximate surface area is 162 Å². The van der Waals surface area contributed by atoms with Crippen molar-refractivity contribution < 1.29 is 4.39 Å². The Morgan fingerprint density at radius 1 is 1.23 bits per heavy atom. The number of benzene rings is 2. The summed E-state index contributed by atoms with van der Waals surface area (Å²) < 4.78 is 14.8. The molecule has 0 saturated carbocycles. The van der Waals surface area contributed by atoms with E-state index in [1.807, 2.05) is 25.3 Å². The summed E-state index contributed by atoms with van der Waals surface area (Å²) in [6.45, 7) is 4.55. The third-order valence-electron chi connectivity index (χ3n) is 4.09. The van der Waals surface area contributed by atoms with Gasteiger partial charge in [-0.1, -0.05) is 29.8 Å². The highest BCUT2D eigenvalue weighted by Crippen LogP contribution is 2.20. The van der Waals surface area contributed by atoms with E-state index in [4.69, 9.17) is 23.8 Å². The van der Waals surface area contributed by atoms with Gasteiger partial charge in [-0.2, -0.15) is 5.10 Å². The van der Waals surface area contributed by atoms with Crippen LogP contribution in [-0.4, -0.2) is 14.9 Å². The summed E-state index contributed by atoms with van der Waals surface area (Å²) in [7, 11) is 0. The van der Waals surface area contributed by atoms with E-state index in [-0.39, 0.29) is 5.82 Å². The van der Waals surface area contributed by atoms with Gasteiger partial charge in [0.1, 0.15) is 5.82 Å². The van der Waals surface area contributed by atoms with Crippen molar-refractivity contribution in [2.75, 3.05) is 10.6 Å². The van der Waals surface area contributed by atoms with Crippen LogP contribution in [0.1, 0.15) is 16.7 Å². The molecule has 0 spiro atoms. The van der Waals surface area contributed by atoms with Gasteiger partial charge in [0.15, 0.2) is 5.11 Å². The van der Waals surface area contributed by atoms with E-state index in [0.717, 1.165) is 22.5 Å². The van der Waals surface area contributed by atoms with Gasteiger partial charge in [0, 0.05) is 16.9 Å². The van der Waals surface area contributed by atoms with Crippen LogP contribution >= 0.6 is 23.8 Å². The number of hydrogen-bond acceptors (Lipinski definition) is 2. The Morgan fingerprint density at radius 3 is 2.81 bits per heavy atom. The van der Waals surface area contributed by atoms with Crippen molar-refractivity contribution in [1.29, 1.82) is 0 Å². The first-order chi connectivity index (χ1) is 12.4. The molecule has 0 amide bonds. The minimum atomic E-state index is -0.357. The molecule has 7 heteroatoms. The fourth-order valence-electron chi connectivity index (χ4n) is 2.51. The maximum Gasteiger partial charge on any atom is 0.175 e. The van der Waals surface area contributed by atoms with Gasteiger partial charge in [0.2, 0.25) is 0 Å². The molecular weight excluding hydrogens is 371 g/mol. The van der Waals surface area contributed by atoms with E-state index in [9.17, 15) is 4.39 Å². The summed E-state index contributed by atoms with van der Waals surface area (Å²) in [5, 5.41) is 11.4. The number of nitrogens with zero attached hydrogens (tertiary/aromatic N) is 2. The van der Waals surface area contributed by atoms with Gasteiger partial charge in [-0.05, 0) is 61.0 Å². The first-order valence-electron chi connectivity index (χ1n) is 8.03. The predicted octanol–water partition coefficient (Wildman–Crippen LogP) is 5.15. The van der Waals surface area contributed by atoms with E-state index in [1.165, 1.54) is 17.7 Å². The number of anilines is 2. The van der Waals surface area contributed by atoms with Crippen molar-refractivity contribution in [3.63, 3.8) is 0 Å². The summed E-state index contributed by atoms with van der Waals surface area (Å²) in [6, 6.07) is 10.4. The molecule has 0 atom stereocenters. The monoisotopic (exact) mass is 388 g/mol. The normalized spacial score (nSPS) is 10.6. The fraction of sp³-hybridized carbons (Fsp3) is 0.158. The molecule has 134 valence electrons. The minimum absolute atomic E-state index is 0.357. The van der Waals surface area contributed by atoms with Gasteiger partial charge in [0.25, 0.3) is 0 Å². The Balaban J connectivity index is 1.64. The third-order valence-corrected chi connectivity index (χ3v) is 4.65. The van der Waals surface area contributed by atoms with Crippen molar-refractivity contribution in [1.82, 2.24) is 9.78 Å². The second kappa shape index (κ2) is 7.85. The van der Waals surface area contributed by atoms with E-state index in [2.05, 4.69) is 28.7 Å². The largest absolute Gasteiger partial charge is 0.332 e. The van der Waals surface area contributed by atoms with Gasteiger partial charge >= 0.3 is 0 Å². The number of rotatable bonds is 4. The van der Waals surface area contributed by atoms with Crippen molar-refractivity contribution in [2.45, 2.75) is 20.4 Å². The Bertz CT molecular complexity index is 954. The first-order valence-corrected chi connectivity index (χ1v) is 8.81. The lowest BCUT2D eigenvalue weighted by molar-refractivity contribution is 0.624. The van der Waals surface area contributed by atoms with Crippen LogP contribution in [0.2, 0.25) is 5.02 Å². The van der Waals surface area contributed by atoms with Crippen molar-refractivity contribution in [2.24, 2.45) is 0 Å². The molecule has 0 bridgehead atoms. The Morgan fingerprint density at radius 2 is 2.04 bits per heavy atom. The van der Waals surface area contributed by atoms with Crippen LogP contribution in [0.4, 0.5) is 15.8 Å². The highest BCUT2D eigenvalue weighted by Gasteiger charge is 2.07. The highest BCUT2D eigenvalue weighted by molar-refractivity contribution is 7.80. The van der Waals surface area contributed by atoms with E-state index >= 15 is 0 Å². The van der Waals surface area contributed by atoms with Crippen molar-refractivity contribution in [3.05, 3.63) is 76.3 Å². The standard InChI is InChI=1S/C19H18ClFN4S/c1-12-4-3-5-18(13(12)2)24-19(26)23-16-9-22-25(11-16)10-14-6-7-15(21)8-17(14)20/h3-9,11H,10H2,1-2H3,(H2,23,24,26). The zero-order chi connectivity index (χ0) is 18.7. The quantitative estimate of drug-likeness (QED) is 0.606. The van der Waals surface area contributed by atoms with Crippen LogP contribution in [-0.2, 0) is 6.54 Å². The molecule has 26 heavy (non-hydrogen) atoms. The second-order valence-electron chi connectivity index (χ2n) is 5.99. The molecule has 2 N–H and O–H groups in total. The van der Waals surface area contributed by atoms with Gasteiger partial charge in [0.05, 0.1) is 18.4 Å². The van der Waals surface area contributed by atoms with Crippen LogP contribution in [0.5, 0.6) is 0 Å². The summed E-state index contributed by atoms with van der Waals surface area (Å²) in [5.74, 6) is -0.357. The maximum atomic E-state index is 13.1. The zero-order valence-electron chi connectivity index (χ0n) is 14.4. The molecule has 0 radical (unpaired) electrons. The molecular formula is C19H18ClFN4S. The zero-order valence-corrected chi connectivity index (χ0v) is 16.0. The van der Waals surface area contributed by atoms with Crippen molar-refractivity contribution >= 4 is 40.3 Å². The predicted molar refractivity (Wildman–Crippen MR) is 108 cm³/mol. The molecule has 0 aliphatic carbocycles. The van der Waals surface area contributed by atoms with Crippen LogP contribution in [0.25, 0.3) is 0 Å². The topological polar surface area (TPSA) is 41.9 Å². The van der Waals surface area contributed by atoms with E-state index in [0.29, 0.717) is 16.7 Å². The van der Waals surface area contributed by atoms with Crippen LogP contribution in [0.3, 0.4) is 0 Å².